The number of anilines is 1. The molecule has 3 nitrogen and oxygen atoms in total. The molecule has 0 fully saturated rings. The Kier molecular flexibility index (Phi) is 3.09. The second-order valence-corrected chi connectivity index (χ2v) is 4.11. The number of nitrogens with one attached hydrogen (secondary N) is 1. The SMILES string of the molecule is CCc1nc(NC(C)=O)c(C)c2ccccc12. The lowest BCUT2D eigenvalue weighted by atomic mass is 10.0. The molecule has 0 bridgehead atoms. The van der Waals surface area contributed by atoms with E-state index in [-0.39, 0.29) is 5.91 Å². The summed E-state index contributed by atoms with van der Waals surface area (Å²) in [5.74, 6) is 0.589. The van der Waals surface area contributed by atoms with Crippen molar-refractivity contribution in [3.63, 3.8) is 0 Å². The van der Waals surface area contributed by atoms with Gasteiger partial charge in [-0.1, -0.05) is 31.2 Å². The van der Waals surface area contributed by atoms with Crippen molar-refractivity contribution in [2.24, 2.45) is 0 Å². The summed E-state index contributed by atoms with van der Waals surface area (Å²) >= 11 is 0. The van der Waals surface area contributed by atoms with E-state index in [1.807, 2.05) is 19.1 Å². The first-order valence-corrected chi connectivity index (χ1v) is 5.79. The number of aryl methyl sites for hydroxylation is 2. The molecule has 88 valence electrons. The van der Waals surface area contributed by atoms with Crippen LogP contribution < -0.4 is 5.32 Å². The first kappa shape index (κ1) is 11.6. The quantitative estimate of drug-likeness (QED) is 0.858. The number of nitrogens with zero attached hydrogens (tertiary/aromatic N) is 1. The molecule has 0 aliphatic heterocycles. The number of aromatic nitrogens is 1. The topological polar surface area (TPSA) is 42.0 Å². The van der Waals surface area contributed by atoms with Crippen molar-refractivity contribution in [3.8, 4) is 0 Å². The average molecular weight is 228 g/mol. The van der Waals surface area contributed by atoms with Crippen LogP contribution in [0.5, 0.6) is 0 Å². The number of pyridine rings is 1. The van der Waals surface area contributed by atoms with E-state index in [4.69, 9.17) is 0 Å². The van der Waals surface area contributed by atoms with Crippen LogP contribution in [-0.2, 0) is 11.2 Å². The molecule has 2 rings (SSSR count). The Bertz CT molecular complexity index is 576. The third kappa shape index (κ3) is 2.13. The van der Waals surface area contributed by atoms with Crippen molar-refractivity contribution in [2.75, 3.05) is 5.32 Å². The molecule has 0 saturated carbocycles. The normalized spacial score (nSPS) is 10.5. The smallest absolute Gasteiger partial charge is 0.222 e. The zero-order valence-electron chi connectivity index (χ0n) is 10.4. The van der Waals surface area contributed by atoms with Crippen LogP contribution in [0.25, 0.3) is 10.8 Å². The van der Waals surface area contributed by atoms with Gasteiger partial charge >= 0.3 is 0 Å². The molecule has 0 aliphatic rings. The van der Waals surface area contributed by atoms with Crippen LogP contribution in [0.15, 0.2) is 24.3 Å². The van der Waals surface area contributed by atoms with Crippen LogP contribution in [0.3, 0.4) is 0 Å². The summed E-state index contributed by atoms with van der Waals surface area (Å²) in [6, 6.07) is 8.16. The largest absolute Gasteiger partial charge is 0.311 e. The van der Waals surface area contributed by atoms with E-state index in [1.54, 1.807) is 0 Å². The van der Waals surface area contributed by atoms with E-state index in [2.05, 4.69) is 29.4 Å². The fourth-order valence-electron chi connectivity index (χ4n) is 2.03. The van der Waals surface area contributed by atoms with Crippen molar-refractivity contribution < 1.29 is 4.79 Å². The highest BCUT2D eigenvalue weighted by Crippen LogP contribution is 2.26. The van der Waals surface area contributed by atoms with Gasteiger partial charge in [0, 0.05) is 12.3 Å². The van der Waals surface area contributed by atoms with Gasteiger partial charge in [0.15, 0.2) is 0 Å². The highest BCUT2D eigenvalue weighted by atomic mass is 16.1. The molecule has 2 aromatic rings. The van der Waals surface area contributed by atoms with Crippen LogP contribution in [0.1, 0.15) is 25.1 Å². The Labute approximate surface area is 101 Å². The molecule has 0 saturated heterocycles. The van der Waals surface area contributed by atoms with E-state index in [1.165, 1.54) is 12.3 Å². The fourth-order valence-corrected chi connectivity index (χ4v) is 2.03. The second-order valence-electron chi connectivity index (χ2n) is 4.11. The van der Waals surface area contributed by atoms with Gasteiger partial charge in [0.1, 0.15) is 5.82 Å². The Hall–Kier alpha value is -1.90. The van der Waals surface area contributed by atoms with Gasteiger partial charge in [-0.15, -0.1) is 0 Å². The van der Waals surface area contributed by atoms with Crippen LogP contribution in [0, 0.1) is 6.92 Å². The van der Waals surface area contributed by atoms with Gasteiger partial charge in [0.25, 0.3) is 0 Å². The van der Waals surface area contributed by atoms with Crippen LogP contribution in [0.4, 0.5) is 5.82 Å². The van der Waals surface area contributed by atoms with Gasteiger partial charge in [0.2, 0.25) is 5.91 Å². The monoisotopic (exact) mass is 228 g/mol. The molecule has 1 amide bonds. The Balaban J connectivity index is 2.71. The highest BCUT2D eigenvalue weighted by Gasteiger charge is 2.10. The van der Waals surface area contributed by atoms with Crippen molar-refractivity contribution >= 4 is 22.5 Å². The van der Waals surface area contributed by atoms with E-state index >= 15 is 0 Å². The minimum absolute atomic E-state index is 0.0852. The maximum Gasteiger partial charge on any atom is 0.222 e. The number of rotatable bonds is 2. The summed E-state index contributed by atoms with van der Waals surface area (Å²) < 4.78 is 0. The van der Waals surface area contributed by atoms with Crippen molar-refractivity contribution in [1.29, 1.82) is 0 Å². The molecule has 17 heavy (non-hydrogen) atoms. The number of amides is 1. The lowest BCUT2D eigenvalue weighted by Gasteiger charge is -2.12. The van der Waals surface area contributed by atoms with Gasteiger partial charge in [-0.25, -0.2) is 4.98 Å². The molecule has 0 aliphatic carbocycles. The fraction of sp³-hybridized carbons (Fsp3) is 0.286. The highest BCUT2D eigenvalue weighted by molar-refractivity contribution is 5.95. The third-order valence-corrected chi connectivity index (χ3v) is 2.87. The molecule has 1 N–H and O–H groups in total. The number of hydrogen-bond donors (Lipinski definition) is 1. The average Bonchev–Trinajstić information content (AvgIpc) is 2.32. The molecular formula is C14H16N2O. The minimum atomic E-state index is -0.0852. The number of carbonyl (C=O) groups excluding carboxylic acids is 1. The summed E-state index contributed by atoms with van der Waals surface area (Å²) in [5.41, 5.74) is 2.04. The van der Waals surface area contributed by atoms with Crippen LogP contribution >= 0.6 is 0 Å². The molecule has 0 unspecified atom stereocenters. The Morgan fingerprint density at radius 2 is 1.94 bits per heavy atom. The summed E-state index contributed by atoms with van der Waals surface area (Å²) in [6.45, 7) is 5.56. The molecular weight excluding hydrogens is 212 g/mol. The Morgan fingerprint density at radius 3 is 2.53 bits per heavy atom. The summed E-state index contributed by atoms with van der Waals surface area (Å²) in [6.07, 6.45) is 0.855. The summed E-state index contributed by atoms with van der Waals surface area (Å²) in [5, 5.41) is 5.11. The van der Waals surface area contributed by atoms with Crippen LogP contribution in [-0.4, -0.2) is 10.9 Å². The molecule has 1 heterocycles. The van der Waals surface area contributed by atoms with E-state index < -0.39 is 0 Å². The van der Waals surface area contributed by atoms with Crippen molar-refractivity contribution in [2.45, 2.75) is 27.2 Å². The van der Waals surface area contributed by atoms with Gasteiger partial charge in [-0.2, -0.15) is 0 Å². The van der Waals surface area contributed by atoms with Gasteiger partial charge in [-0.05, 0) is 24.3 Å². The van der Waals surface area contributed by atoms with Crippen molar-refractivity contribution in [1.82, 2.24) is 4.98 Å². The van der Waals surface area contributed by atoms with E-state index in [9.17, 15) is 4.79 Å². The molecule has 0 atom stereocenters. The van der Waals surface area contributed by atoms with Crippen LogP contribution in [0.2, 0.25) is 0 Å². The predicted molar refractivity (Wildman–Crippen MR) is 70.2 cm³/mol. The van der Waals surface area contributed by atoms with Gasteiger partial charge < -0.3 is 5.32 Å². The zero-order chi connectivity index (χ0) is 12.4. The van der Waals surface area contributed by atoms with Gasteiger partial charge in [-0.3, -0.25) is 4.79 Å². The van der Waals surface area contributed by atoms with E-state index in [0.29, 0.717) is 5.82 Å². The molecule has 1 aromatic carbocycles. The standard InChI is InChI=1S/C14H16N2O/c1-4-13-12-8-6-5-7-11(12)9(2)14(16-13)15-10(3)17/h5-8H,4H2,1-3H3,(H,15,16,17). The number of carbonyl (C=O) groups is 1. The van der Waals surface area contributed by atoms with Gasteiger partial charge in [0.05, 0.1) is 5.69 Å². The maximum absolute atomic E-state index is 11.1. The first-order chi connectivity index (χ1) is 8.13. The first-order valence-electron chi connectivity index (χ1n) is 5.79. The lowest BCUT2D eigenvalue weighted by molar-refractivity contribution is -0.114. The third-order valence-electron chi connectivity index (χ3n) is 2.87. The molecule has 1 aromatic heterocycles. The predicted octanol–water partition coefficient (Wildman–Crippen LogP) is 3.06. The van der Waals surface area contributed by atoms with E-state index in [0.717, 1.165) is 23.1 Å². The van der Waals surface area contributed by atoms with Crippen molar-refractivity contribution in [3.05, 3.63) is 35.5 Å². The maximum atomic E-state index is 11.1. The minimum Gasteiger partial charge on any atom is -0.311 e. The number of hydrogen-bond acceptors (Lipinski definition) is 2. The summed E-state index contributed by atoms with van der Waals surface area (Å²) in [7, 11) is 0. The second kappa shape index (κ2) is 4.53. The Morgan fingerprint density at radius 1 is 1.29 bits per heavy atom. The molecule has 0 radical (unpaired) electrons. The summed E-state index contributed by atoms with van der Waals surface area (Å²) in [4.78, 5) is 15.7. The molecule has 0 spiro atoms. The number of benzene rings is 1. The molecule has 3 heteroatoms. The zero-order valence-corrected chi connectivity index (χ0v) is 10.4. The number of fused-ring (bicyclic) bond motifs is 1. The lowest BCUT2D eigenvalue weighted by Crippen LogP contribution is -2.10.